The predicted molar refractivity (Wildman–Crippen MR) is 111 cm³/mol. The van der Waals surface area contributed by atoms with E-state index in [1.54, 1.807) is 30.3 Å². The summed E-state index contributed by atoms with van der Waals surface area (Å²) in [6.07, 6.45) is 4.08. The number of urea groups is 1. The monoisotopic (exact) mass is 410 g/mol. The van der Waals surface area contributed by atoms with Gasteiger partial charge in [0.2, 0.25) is 5.91 Å². The summed E-state index contributed by atoms with van der Waals surface area (Å²) in [5.41, 5.74) is 1.90. The highest BCUT2D eigenvalue weighted by Crippen LogP contribution is 2.27. The van der Waals surface area contributed by atoms with Gasteiger partial charge in [-0.3, -0.25) is 20.0 Å². The zero-order chi connectivity index (χ0) is 20.9. The zero-order valence-electron chi connectivity index (χ0n) is 16.8. The third kappa shape index (κ3) is 4.68. The Morgan fingerprint density at radius 2 is 1.80 bits per heavy atom. The molecule has 1 saturated heterocycles. The molecule has 3 heterocycles. The van der Waals surface area contributed by atoms with Crippen molar-refractivity contribution in [3.8, 4) is 0 Å². The Labute approximate surface area is 174 Å². The molecule has 0 saturated carbocycles. The lowest BCUT2D eigenvalue weighted by Crippen LogP contribution is -2.40. The summed E-state index contributed by atoms with van der Waals surface area (Å²) in [4.78, 5) is 40.8. The van der Waals surface area contributed by atoms with Gasteiger partial charge < -0.3 is 15.1 Å². The highest BCUT2D eigenvalue weighted by atomic mass is 16.2. The zero-order valence-corrected chi connectivity index (χ0v) is 16.8. The maximum absolute atomic E-state index is 12.5. The molecule has 0 aliphatic carbocycles. The number of benzene rings is 1. The van der Waals surface area contributed by atoms with Crippen LogP contribution in [-0.4, -0.2) is 57.5 Å². The Kier molecular flexibility index (Phi) is 6.08. The summed E-state index contributed by atoms with van der Waals surface area (Å²) in [5.74, 6) is 0.00505. The molecule has 0 bridgehead atoms. The number of nitrogens with one attached hydrogen (secondary N) is 3. The van der Waals surface area contributed by atoms with Crippen molar-refractivity contribution in [2.24, 2.45) is 0 Å². The van der Waals surface area contributed by atoms with Gasteiger partial charge in [-0.1, -0.05) is 24.6 Å². The van der Waals surface area contributed by atoms with E-state index < -0.39 is 11.9 Å². The van der Waals surface area contributed by atoms with E-state index in [-0.39, 0.29) is 19.0 Å². The molecule has 1 fully saturated rings. The molecule has 4 rings (SSSR count). The van der Waals surface area contributed by atoms with Crippen LogP contribution < -0.4 is 10.6 Å². The molecule has 1 aromatic carbocycles. The van der Waals surface area contributed by atoms with Crippen molar-refractivity contribution in [1.29, 1.82) is 0 Å². The molecular weight excluding hydrogens is 384 g/mol. The summed E-state index contributed by atoms with van der Waals surface area (Å²) in [6.45, 7) is 3.42. The van der Waals surface area contributed by atoms with Crippen molar-refractivity contribution in [1.82, 2.24) is 25.3 Å². The number of amides is 4. The van der Waals surface area contributed by atoms with Crippen LogP contribution in [0.1, 0.15) is 47.3 Å². The minimum absolute atomic E-state index is 0.0748. The maximum Gasteiger partial charge on any atom is 0.324 e. The Morgan fingerprint density at radius 3 is 2.57 bits per heavy atom. The van der Waals surface area contributed by atoms with E-state index in [2.05, 4.69) is 25.7 Å². The summed E-state index contributed by atoms with van der Waals surface area (Å²) in [7, 11) is 0. The first-order valence-electron chi connectivity index (χ1n) is 10.3. The number of aromatic amines is 1. The van der Waals surface area contributed by atoms with Crippen molar-refractivity contribution < 1.29 is 14.4 Å². The minimum Gasteiger partial charge on any atom is -0.314 e. The number of likely N-dealkylation sites (tertiary alicyclic amines) is 1. The first-order chi connectivity index (χ1) is 14.6. The lowest BCUT2D eigenvalue weighted by Gasteiger charge is -2.25. The Hall–Kier alpha value is -3.20. The number of piperidine rings is 1. The highest BCUT2D eigenvalue weighted by molar-refractivity contribution is 6.04. The first-order valence-corrected chi connectivity index (χ1v) is 10.3. The molecule has 2 aromatic rings. The largest absolute Gasteiger partial charge is 0.324 e. The number of fused-ring (bicyclic) bond motifs is 1. The van der Waals surface area contributed by atoms with E-state index in [1.807, 2.05) is 0 Å². The van der Waals surface area contributed by atoms with Gasteiger partial charge in [-0.05, 0) is 38.1 Å². The number of anilines is 1. The van der Waals surface area contributed by atoms with Crippen LogP contribution in [0.15, 0.2) is 30.3 Å². The molecule has 1 aromatic heterocycles. The number of H-pyrrole nitrogens is 1. The van der Waals surface area contributed by atoms with Crippen LogP contribution >= 0.6 is 0 Å². The Bertz CT molecular complexity index is 920. The van der Waals surface area contributed by atoms with Crippen LogP contribution in [0.4, 0.5) is 10.6 Å². The Morgan fingerprint density at radius 1 is 1.03 bits per heavy atom. The van der Waals surface area contributed by atoms with Gasteiger partial charge in [0, 0.05) is 24.1 Å². The normalized spacial score (nSPS) is 16.2. The molecule has 4 amide bonds. The smallest absolute Gasteiger partial charge is 0.314 e. The quantitative estimate of drug-likeness (QED) is 0.699. The SMILES string of the molecule is O=C(CCN1CCCCC1)Nc1[nH]nc2c1CN(C(=O)NC(=O)c1ccccc1)C2. The van der Waals surface area contributed by atoms with E-state index >= 15 is 0 Å². The maximum atomic E-state index is 12.5. The fourth-order valence-electron chi connectivity index (χ4n) is 3.86. The third-order valence-corrected chi connectivity index (χ3v) is 5.55. The predicted octanol–water partition coefficient (Wildman–Crippen LogP) is 2.09. The fourth-order valence-corrected chi connectivity index (χ4v) is 3.86. The molecule has 2 aliphatic heterocycles. The van der Waals surface area contributed by atoms with Gasteiger partial charge in [0.05, 0.1) is 18.8 Å². The van der Waals surface area contributed by atoms with Crippen LogP contribution in [0.2, 0.25) is 0 Å². The lowest BCUT2D eigenvalue weighted by molar-refractivity contribution is -0.116. The van der Waals surface area contributed by atoms with E-state index in [1.165, 1.54) is 24.2 Å². The van der Waals surface area contributed by atoms with Gasteiger partial charge in [0.25, 0.3) is 5.91 Å². The standard InChI is InChI=1S/C21H26N6O3/c28-18(9-12-26-10-5-2-6-11-26)22-19-16-13-27(14-17(16)24-25-19)21(30)23-20(29)15-7-3-1-4-8-15/h1,3-4,7-8H,2,5-6,9-14H2,(H,23,29,30)(H2,22,24,25,28). The highest BCUT2D eigenvalue weighted by Gasteiger charge is 2.30. The van der Waals surface area contributed by atoms with Crippen molar-refractivity contribution in [2.75, 3.05) is 25.0 Å². The van der Waals surface area contributed by atoms with Gasteiger partial charge >= 0.3 is 6.03 Å². The van der Waals surface area contributed by atoms with Gasteiger partial charge in [-0.25, -0.2) is 4.79 Å². The van der Waals surface area contributed by atoms with Crippen LogP contribution in [0.5, 0.6) is 0 Å². The number of aromatic nitrogens is 2. The lowest BCUT2D eigenvalue weighted by atomic mass is 10.1. The first kappa shape index (κ1) is 20.1. The molecule has 30 heavy (non-hydrogen) atoms. The summed E-state index contributed by atoms with van der Waals surface area (Å²) >= 11 is 0. The molecule has 2 aliphatic rings. The van der Waals surface area contributed by atoms with Crippen LogP contribution in [-0.2, 0) is 17.9 Å². The number of carbonyl (C=O) groups excluding carboxylic acids is 3. The second-order valence-corrected chi connectivity index (χ2v) is 7.71. The number of hydrogen-bond donors (Lipinski definition) is 3. The number of hydrogen-bond acceptors (Lipinski definition) is 5. The number of carbonyl (C=O) groups is 3. The van der Waals surface area contributed by atoms with Gasteiger partial charge in [0.1, 0.15) is 5.82 Å². The third-order valence-electron chi connectivity index (χ3n) is 5.55. The second-order valence-electron chi connectivity index (χ2n) is 7.71. The molecule has 0 unspecified atom stereocenters. The molecule has 9 nitrogen and oxygen atoms in total. The number of nitrogens with zero attached hydrogens (tertiary/aromatic N) is 3. The van der Waals surface area contributed by atoms with E-state index in [9.17, 15) is 14.4 Å². The molecule has 0 radical (unpaired) electrons. The van der Waals surface area contributed by atoms with Crippen molar-refractivity contribution >= 4 is 23.7 Å². The van der Waals surface area contributed by atoms with Crippen LogP contribution in [0.25, 0.3) is 0 Å². The van der Waals surface area contributed by atoms with Crippen LogP contribution in [0.3, 0.4) is 0 Å². The number of imide groups is 1. The molecule has 158 valence electrons. The molecule has 0 spiro atoms. The Balaban J connectivity index is 1.29. The van der Waals surface area contributed by atoms with Gasteiger partial charge in [-0.15, -0.1) is 0 Å². The van der Waals surface area contributed by atoms with Crippen molar-refractivity contribution in [2.45, 2.75) is 38.8 Å². The van der Waals surface area contributed by atoms with Gasteiger partial charge in [0.15, 0.2) is 0 Å². The molecule has 0 atom stereocenters. The number of rotatable bonds is 5. The average Bonchev–Trinajstić information content (AvgIpc) is 3.36. The fraction of sp³-hybridized carbons (Fsp3) is 0.429. The average molecular weight is 410 g/mol. The van der Waals surface area contributed by atoms with Crippen molar-refractivity contribution in [3.05, 3.63) is 47.2 Å². The molecule has 3 N–H and O–H groups in total. The minimum atomic E-state index is -0.482. The second kappa shape index (κ2) is 9.08. The molecule has 9 heteroatoms. The van der Waals surface area contributed by atoms with Crippen LogP contribution in [0, 0.1) is 0 Å². The summed E-state index contributed by atoms with van der Waals surface area (Å²) in [6, 6.07) is 8.10. The van der Waals surface area contributed by atoms with E-state index in [0.717, 1.165) is 25.2 Å². The topological polar surface area (TPSA) is 110 Å². The van der Waals surface area contributed by atoms with Gasteiger partial charge in [-0.2, -0.15) is 5.10 Å². The summed E-state index contributed by atoms with van der Waals surface area (Å²) in [5, 5.41) is 12.3. The van der Waals surface area contributed by atoms with E-state index in [4.69, 9.17) is 0 Å². The molecular formula is C21H26N6O3. The summed E-state index contributed by atoms with van der Waals surface area (Å²) < 4.78 is 0. The van der Waals surface area contributed by atoms with Crippen molar-refractivity contribution in [3.63, 3.8) is 0 Å². The van der Waals surface area contributed by atoms with E-state index in [0.29, 0.717) is 23.5 Å².